The van der Waals surface area contributed by atoms with Crippen LogP contribution in [-0.2, 0) is 17.0 Å². The van der Waals surface area contributed by atoms with E-state index in [0.717, 1.165) is 45.1 Å². The van der Waals surface area contributed by atoms with Crippen LogP contribution in [0.2, 0.25) is 0 Å². The molecule has 178 valence electrons. The fourth-order valence-corrected chi connectivity index (χ4v) is 5.74. The summed E-state index contributed by atoms with van der Waals surface area (Å²) >= 11 is 1.55. The average Bonchev–Trinajstić information content (AvgIpc) is 3.55. The van der Waals surface area contributed by atoms with Crippen LogP contribution < -0.4 is 10.9 Å². The zero-order valence-electron chi connectivity index (χ0n) is 19.6. The second-order valence-corrected chi connectivity index (χ2v) is 10.3. The quantitative estimate of drug-likeness (QED) is 0.389. The van der Waals surface area contributed by atoms with Crippen LogP contribution in [0.25, 0.3) is 10.9 Å². The summed E-state index contributed by atoms with van der Waals surface area (Å²) < 4.78 is 7.58. The first-order chi connectivity index (χ1) is 16.6. The highest BCUT2D eigenvalue weighted by atomic mass is 32.2. The summed E-state index contributed by atoms with van der Waals surface area (Å²) in [6, 6.07) is 13.9. The van der Waals surface area contributed by atoms with Gasteiger partial charge in [0.25, 0.3) is 11.5 Å². The van der Waals surface area contributed by atoms with Crippen molar-refractivity contribution in [3.63, 3.8) is 0 Å². The van der Waals surface area contributed by atoms with Crippen LogP contribution in [0.3, 0.4) is 0 Å². The molecule has 2 aromatic carbocycles. The Morgan fingerprint density at radius 2 is 1.91 bits per heavy atom. The lowest BCUT2D eigenvalue weighted by molar-refractivity contribution is 0.0935. The molecule has 0 bridgehead atoms. The Bertz CT molecular complexity index is 1230. The number of aromatic nitrogens is 2. The van der Waals surface area contributed by atoms with Crippen LogP contribution in [0.5, 0.6) is 0 Å². The Balaban J connectivity index is 1.46. The molecule has 0 radical (unpaired) electrons. The highest BCUT2D eigenvalue weighted by molar-refractivity contribution is 7.98. The van der Waals surface area contributed by atoms with E-state index < -0.39 is 0 Å². The number of rotatable bonds is 7. The number of aryl methyl sites for hydroxylation is 1. The molecule has 2 aliphatic rings. The number of fused-ring (bicyclic) bond motifs is 1. The lowest BCUT2D eigenvalue weighted by atomic mass is 10.1. The first kappa shape index (κ1) is 23.1. The molecule has 1 aliphatic heterocycles. The number of carbonyl (C=O) groups is 1. The predicted octanol–water partition coefficient (Wildman–Crippen LogP) is 4.85. The predicted molar refractivity (Wildman–Crippen MR) is 135 cm³/mol. The van der Waals surface area contributed by atoms with Crippen molar-refractivity contribution in [3.8, 4) is 0 Å². The van der Waals surface area contributed by atoms with Crippen molar-refractivity contribution in [1.29, 1.82) is 0 Å². The highest BCUT2D eigenvalue weighted by Crippen LogP contribution is 2.25. The molecule has 1 aliphatic carbocycles. The zero-order valence-corrected chi connectivity index (χ0v) is 20.4. The van der Waals surface area contributed by atoms with E-state index in [2.05, 4.69) is 36.5 Å². The maximum Gasteiger partial charge on any atom is 0.262 e. The smallest absolute Gasteiger partial charge is 0.262 e. The van der Waals surface area contributed by atoms with Gasteiger partial charge < -0.3 is 10.1 Å². The van der Waals surface area contributed by atoms with Gasteiger partial charge in [-0.3, -0.25) is 14.2 Å². The van der Waals surface area contributed by atoms with Gasteiger partial charge in [0, 0.05) is 24.0 Å². The van der Waals surface area contributed by atoms with Gasteiger partial charge in [0.1, 0.15) is 0 Å². The maximum atomic E-state index is 13.5. The number of carbonyl (C=O) groups excluding carboxylic acids is 1. The Morgan fingerprint density at radius 3 is 2.65 bits per heavy atom. The molecular weight excluding hydrogens is 446 g/mol. The van der Waals surface area contributed by atoms with E-state index in [1.165, 1.54) is 11.1 Å². The SMILES string of the molecule is Cc1ccc(CSc2nc3cc(C(=O)NC4CCCC4)ccc3c(=O)n2C[C@@H]2CCCO2)cc1. The summed E-state index contributed by atoms with van der Waals surface area (Å²) in [4.78, 5) is 31.2. The fraction of sp³-hybridized carbons (Fsp3) is 0.444. The summed E-state index contributed by atoms with van der Waals surface area (Å²) in [5, 5.41) is 4.33. The molecule has 0 unspecified atom stereocenters. The molecule has 2 fully saturated rings. The van der Waals surface area contributed by atoms with E-state index in [1.807, 2.05) is 0 Å². The van der Waals surface area contributed by atoms with Crippen molar-refractivity contribution in [2.75, 3.05) is 6.61 Å². The Labute approximate surface area is 204 Å². The van der Waals surface area contributed by atoms with Crippen LogP contribution in [0.4, 0.5) is 0 Å². The summed E-state index contributed by atoms with van der Waals surface area (Å²) in [5.41, 5.74) is 3.45. The van der Waals surface area contributed by atoms with Crippen LogP contribution >= 0.6 is 11.8 Å². The summed E-state index contributed by atoms with van der Waals surface area (Å²) in [5.74, 6) is 0.624. The molecule has 1 N–H and O–H groups in total. The van der Waals surface area contributed by atoms with Crippen molar-refractivity contribution in [2.45, 2.75) is 75.0 Å². The number of thioether (sulfide) groups is 1. The van der Waals surface area contributed by atoms with Gasteiger partial charge in [-0.1, -0.05) is 54.4 Å². The van der Waals surface area contributed by atoms with E-state index in [1.54, 1.807) is 34.5 Å². The molecule has 7 heteroatoms. The van der Waals surface area contributed by atoms with Gasteiger partial charge >= 0.3 is 0 Å². The van der Waals surface area contributed by atoms with Crippen molar-refractivity contribution >= 4 is 28.6 Å². The summed E-state index contributed by atoms with van der Waals surface area (Å²) in [6.07, 6.45) is 6.40. The van der Waals surface area contributed by atoms with E-state index >= 15 is 0 Å². The lowest BCUT2D eigenvalue weighted by Crippen LogP contribution is -2.32. The second-order valence-electron chi connectivity index (χ2n) is 9.41. The van der Waals surface area contributed by atoms with Crippen molar-refractivity contribution in [2.24, 2.45) is 0 Å². The minimum Gasteiger partial charge on any atom is -0.376 e. The van der Waals surface area contributed by atoms with E-state index in [-0.39, 0.29) is 23.6 Å². The molecule has 1 atom stereocenters. The number of nitrogens with one attached hydrogen (secondary N) is 1. The van der Waals surface area contributed by atoms with Crippen LogP contribution in [0.1, 0.15) is 60.0 Å². The largest absolute Gasteiger partial charge is 0.376 e. The lowest BCUT2D eigenvalue weighted by Gasteiger charge is -2.17. The third-order valence-corrected chi connectivity index (χ3v) is 7.82. The topological polar surface area (TPSA) is 73.2 Å². The zero-order chi connectivity index (χ0) is 23.5. The minimum absolute atomic E-state index is 0.0344. The monoisotopic (exact) mass is 477 g/mol. The molecule has 1 saturated heterocycles. The number of benzene rings is 2. The van der Waals surface area contributed by atoms with Gasteiger partial charge in [-0.05, 0) is 56.4 Å². The van der Waals surface area contributed by atoms with E-state index in [4.69, 9.17) is 9.72 Å². The van der Waals surface area contributed by atoms with E-state index in [9.17, 15) is 9.59 Å². The summed E-state index contributed by atoms with van der Waals surface area (Å²) in [7, 11) is 0. The number of hydrogen-bond acceptors (Lipinski definition) is 5. The van der Waals surface area contributed by atoms with Crippen molar-refractivity contribution in [1.82, 2.24) is 14.9 Å². The summed E-state index contributed by atoms with van der Waals surface area (Å²) in [6.45, 7) is 3.31. The molecule has 6 nitrogen and oxygen atoms in total. The standard InChI is InChI=1S/C27H31N3O3S/c1-18-8-10-19(11-9-18)17-34-27-29-24-15-20(25(31)28-21-5-2-3-6-21)12-13-23(24)26(32)30(27)16-22-7-4-14-33-22/h8-13,15,21-22H,2-7,14,16-17H2,1H3,(H,28,31)/t22-/m0/s1. The highest BCUT2D eigenvalue weighted by Gasteiger charge is 2.22. The van der Waals surface area contributed by atoms with Crippen molar-refractivity contribution in [3.05, 3.63) is 69.5 Å². The van der Waals surface area contributed by atoms with Gasteiger partial charge in [0.05, 0.1) is 23.6 Å². The molecule has 1 aromatic heterocycles. The molecule has 5 rings (SSSR count). The van der Waals surface area contributed by atoms with E-state index in [0.29, 0.717) is 33.9 Å². The van der Waals surface area contributed by atoms with Crippen LogP contribution in [-0.4, -0.2) is 34.2 Å². The van der Waals surface area contributed by atoms with Gasteiger partial charge in [0.2, 0.25) is 0 Å². The molecule has 3 aromatic rings. The Morgan fingerprint density at radius 1 is 1.12 bits per heavy atom. The first-order valence-corrected chi connectivity index (χ1v) is 13.2. The van der Waals surface area contributed by atoms with Crippen LogP contribution in [0.15, 0.2) is 52.4 Å². The molecule has 1 amide bonds. The average molecular weight is 478 g/mol. The fourth-order valence-electron chi connectivity index (χ4n) is 4.78. The van der Waals surface area contributed by atoms with Gasteiger partial charge in [0.15, 0.2) is 5.16 Å². The molecule has 0 spiro atoms. The van der Waals surface area contributed by atoms with Gasteiger partial charge in [-0.2, -0.15) is 0 Å². The third-order valence-electron chi connectivity index (χ3n) is 6.77. The van der Waals surface area contributed by atoms with Crippen molar-refractivity contribution < 1.29 is 9.53 Å². The van der Waals surface area contributed by atoms with Gasteiger partial charge in [-0.25, -0.2) is 4.98 Å². The molecular formula is C27H31N3O3S. The van der Waals surface area contributed by atoms with Gasteiger partial charge in [-0.15, -0.1) is 0 Å². The molecule has 2 heterocycles. The number of hydrogen-bond donors (Lipinski definition) is 1. The second kappa shape index (κ2) is 10.3. The molecule has 34 heavy (non-hydrogen) atoms. The first-order valence-electron chi connectivity index (χ1n) is 12.2. The maximum absolute atomic E-state index is 13.5. The third kappa shape index (κ3) is 5.20. The normalized spacial score (nSPS) is 18.6. The van der Waals surface area contributed by atoms with Crippen LogP contribution in [0, 0.1) is 6.92 Å². The Kier molecular flexibility index (Phi) is 7.02. The number of amides is 1. The number of nitrogens with zero attached hydrogens (tertiary/aromatic N) is 2. The Hall–Kier alpha value is -2.64. The number of ether oxygens (including phenoxy) is 1. The minimum atomic E-state index is -0.0898. The molecule has 1 saturated carbocycles.